The quantitative estimate of drug-likeness (QED) is 0.215. The van der Waals surface area contributed by atoms with Gasteiger partial charge in [0, 0.05) is 11.3 Å². The van der Waals surface area contributed by atoms with E-state index >= 15 is 0 Å². The van der Waals surface area contributed by atoms with Crippen LogP contribution in [0.4, 0.5) is 15.3 Å². The number of nitrogens with one attached hydrogen (secondary N) is 2. The summed E-state index contributed by atoms with van der Waals surface area (Å²) in [5, 5.41) is 21.1. The first-order valence-electron chi connectivity index (χ1n) is 14.7. The van der Waals surface area contributed by atoms with Crippen molar-refractivity contribution in [1.29, 1.82) is 0 Å². The number of rotatable bonds is 9. The molecule has 1 heterocycles. The van der Waals surface area contributed by atoms with Crippen molar-refractivity contribution in [3.8, 4) is 11.5 Å². The molecule has 0 fully saturated rings. The Labute approximate surface area is 277 Å². The Balaban J connectivity index is 1.97. The van der Waals surface area contributed by atoms with Crippen LogP contribution < -0.4 is 19.5 Å². The summed E-state index contributed by atoms with van der Waals surface area (Å²) in [4.78, 5) is 61.6. The molecule has 0 aliphatic carbocycles. The normalized spacial score (nSPS) is 14.2. The number of hydrogen-bond donors (Lipinski definition) is 4. The zero-order valence-electron chi connectivity index (χ0n) is 27.3. The van der Waals surface area contributed by atoms with E-state index in [4.69, 9.17) is 24.1 Å². The monoisotopic (exact) mass is 693 g/mol. The molecule has 4 N–H and O–H groups in total. The minimum absolute atomic E-state index is 0.0411. The standard InChI is InChI=1S/C31H39N3O13S/c1-30(2,3)46-28(40)32-20-12-13-21-18(15-20)10-8-14-44-25-19(9-7-11-23(25)45-27(21)39)17-34(29(41)47-31(4,5)6)48(42,43)33-22(26(37)38)16-24(35)36/h7,9,11-13,15,22,33H,8,10,14,16-17H2,1-6H3,(H,32,40)(H,35,36)(H,37,38). The molecule has 0 saturated carbocycles. The second-order valence-electron chi connectivity index (χ2n) is 12.7. The van der Waals surface area contributed by atoms with Gasteiger partial charge in [-0.1, -0.05) is 12.1 Å². The Morgan fingerprint density at radius 3 is 2.27 bits per heavy atom. The van der Waals surface area contributed by atoms with Gasteiger partial charge in [0.1, 0.15) is 17.2 Å². The van der Waals surface area contributed by atoms with E-state index in [1.807, 2.05) is 0 Å². The average Bonchev–Trinajstić information content (AvgIpc) is 2.91. The molecule has 1 atom stereocenters. The number of ether oxygens (including phenoxy) is 4. The molecule has 0 radical (unpaired) electrons. The summed E-state index contributed by atoms with van der Waals surface area (Å²) in [6, 6.07) is 6.71. The van der Waals surface area contributed by atoms with Crippen LogP contribution in [0.1, 0.15) is 75.9 Å². The SMILES string of the molecule is CC(C)(C)OC(=O)Nc1ccc2c(c1)CCCOc1c(CN(C(=O)OC(C)(C)C)S(=O)(=O)NC(CC(=O)O)C(=O)O)cccc1OC2=O. The second kappa shape index (κ2) is 14.9. The Morgan fingerprint density at radius 2 is 1.67 bits per heavy atom. The van der Waals surface area contributed by atoms with Crippen LogP contribution in [0.5, 0.6) is 11.5 Å². The van der Waals surface area contributed by atoms with Crippen molar-refractivity contribution >= 4 is 46.0 Å². The summed E-state index contributed by atoms with van der Waals surface area (Å²) >= 11 is 0. The number of aryl methyl sites for hydroxylation is 1. The van der Waals surface area contributed by atoms with Crippen molar-refractivity contribution < 1.29 is 61.6 Å². The number of hydrogen-bond acceptors (Lipinski definition) is 11. The number of anilines is 1. The van der Waals surface area contributed by atoms with E-state index in [9.17, 15) is 37.5 Å². The summed E-state index contributed by atoms with van der Waals surface area (Å²) in [5.74, 6) is -4.34. The first kappa shape index (κ1) is 37.6. The molecule has 262 valence electrons. The maximum Gasteiger partial charge on any atom is 0.425 e. The van der Waals surface area contributed by atoms with Crippen molar-refractivity contribution in [2.75, 3.05) is 11.9 Å². The topological polar surface area (TPSA) is 224 Å². The van der Waals surface area contributed by atoms with Crippen LogP contribution in [0.25, 0.3) is 0 Å². The lowest BCUT2D eigenvalue weighted by molar-refractivity contribution is -0.145. The summed E-state index contributed by atoms with van der Waals surface area (Å²) in [6.07, 6.45) is -2.51. The van der Waals surface area contributed by atoms with E-state index in [2.05, 4.69) is 5.32 Å². The van der Waals surface area contributed by atoms with E-state index in [0.29, 0.717) is 24.1 Å². The molecule has 1 unspecified atom stereocenters. The zero-order chi connectivity index (χ0) is 36.0. The number of carbonyl (C=O) groups excluding carboxylic acids is 3. The summed E-state index contributed by atoms with van der Waals surface area (Å²) in [6.45, 7) is 8.88. The molecule has 0 bridgehead atoms. The molecule has 17 heteroatoms. The lowest BCUT2D eigenvalue weighted by atomic mass is 10.0. The smallest absolute Gasteiger partial charge is 0.425 e. The predicted octanol–water partition coefficient (Wildman–Crippen LogP) is 4.08. The van der Waals surface area contributed by atoms with Gasteiger partial charge in [0.25, 0.3) is 0 Å². The third kappa shape index (κ3) is 10.8. The third-order valence-corrected chi connectivity index (χ3v) is 7.68. The molecule has 1 aliphatic rings. The van der Waals surface area contributed by atoms with Gasteiger partial charge in [0.05, 0.1) is 25.1 Å². The second-order valence-corrected chi connectivity index (χ2v) is 14.3. The van der Waals surface area contributed by atoms with E-state index < -0.39 is 70.5 Å². The van der Waals surface area contributed by atoms with Gasteiger partial charge in [-0.2, -0.15) is 17.4 Å². The van der Waals surface area contributed by atoms with Crippen molar-refractivity contribution in [2.24, 2.45) is 0 Å². The molecule has 2 aromatic rings. The molecule has 48 heavy (non-hydrogen) atoms. The molecule has 16 nitrogen and oxygen atoms in total. The number of benzene rings is 2. The van der Waals surface area contributed by atoms with Crippen LogP contribution >= 0.6 is 0 Å². The van der Waals surface area contributed by atoms with Gasteiger partial charge in [0.2, 0.25) is 0 Å². The van der Waals surface area contributed by atoms with Crippen molar-refractivity contribution in [3.63, 3.8) is 0 Å². The fourth-order valence-corrected chi connectivity index (χ4v) is 5.55. The maximum absolute atomic E-state index is 13.4. The first-order valence-corrected chi connectivity index (χ1v) is 16.2. The van der Waals surface area contributed by atoms with Gasteiger partial charge in [-0.15, -0.1) is 0 Å². The molecule has 1 aliphatic heterocycles. The van der Waals surface area contributed by atoms with Gasteiger partial charge < -0.3 is 29.2 Å². The van der Waals surface area contributed by atoms with Crippen molar-refractivity contribution in [1.82, 2.24) is 9.03 Å². The van der Waals surface area contributed by atoms with Crippen LogP contribution in [-0.4, -0.2) is 76.9 Å². The highest BCUT2D eigenvalue weighted by atomic mass is 32.2. The fraction of sp³-hybridized carbons (Fsp3) is 0.452. The number of nitrogens with zero attached hydrogens (tertiary/aromatic N) is 1. The van der Waals surface area contributed by atoms with Gasteiger partial charge in [0.15, 0.2) is 11.5 Å². The van der Waals surface area contributed by atoms with Crippen molar-refractivity contribution in [2.45, 2.75) is 84.6 Å². The van der Waals surface area contributed by atoms with Crippen LogP contribution in [0.3, 0.4) is 0 Å². The predicted molar refractivity (Wildman–Crippen MR) is 169 cm³/mol. The molecule has 0 spiro atoms. The summed E-state index contributed by atoms with van der Waals surface area (Å²) < 4.78 is 50.9. The van der Waals surface area contributed by atoms with E-state index in [1.54, 1.807) is 31.6 Å². The van der Waals surface area contributed by atoms with Crippen LogP contribution in [0.15, 0.2) is 36.4 Å². The lowest BCUT2D eigenvalue weighted by Gasteiger charge is -2.28. The minimum Gasteiger partial charge on any atom is -0.489 e. The Morgan fingerprint density at radius 1 is 1.00 bits per heavy atom. The maximum atomic E-state index is 13.4. The molecular weight excluding hydrogens is 654 g/mol. The highest BCUT2D eigenvalue weighted by molar-refractivity contribution is 7.87. The van der Waals surface area contributed by atoms with E-state index in [1.165, 1.54) is 51.1 Å². The molecule has 0 saturated heterocycles. The number of fused-ring (bicyclic) bond motifs is 2. The number of para-hydroxylation sites is 1. The summed E-state index contributed by atoms with van der Waals surface area (Å²) in [5.41, 5.74) is -0.714. The third-order valence-electron chi connectivity index (χ3n) is 6.24. The average molecular weight is 694 g/mol. The number of carboxylic acid groups (broad SMARTS) is 2. The number of esters is 1. The van der Waals surface area contributed by atoms with Gasteiger partial charge in [-0.05, 0) is 84.2 Å². The molecule has 3 rings (SSSR count). The Bertz CT molecular complexity index is 1680. The summed E-state index contributed by atoms with van der Waals surface area (Å²) in [7, 11) is -5.05. The Kier molecular flexibility index (Phi) is 11.7. The Hall–Kier alpha value is -4.90. The van der Waals surface area contributed by atoms with Gasteiger partial charge in [-0.25, -0.2) is 14.4 Å². The molecular formula is C31H39N3O13S. The highest BCUT2D eigenvalue weighted by Crippen LogP contribution is 2.35. The fourth-order valence-electron chi connectivity index (χ4n) is 4.33. The first-order chi connectivity index (χ1) is 22.1. The number of aliphatic carboxylic acids is 2. The minimum atomic E-state index is -5.05. The van der Waals surface area contributed by atoms with E-state index in [-0.39, 0.29) is 33.5 Å². The van der Waals surface area contributed by atoms with Crippen LogP contribution in [0, 0.1) is 0 Å². The molecule has 2 amide bonds. The van der Waals surface area contributed by atoms with Crippen LogP contribution in [0.2, 0.25) is 0 Å². The molecule has 2 aromatic carbocycles. The number of carbonyl (C=O) groups is 5. The van der Waals surface area contributed by atoms with Crippen LogP contribution in [-0.2, 0) is 42.2 Å². The van der Waals surface area contributed by atoms with Crippen molar-refractivity contribution in [3.05, 3.63) is 53.1 Å². The number of carboxylic acids is 2. The molecule has 0 aromatic heterocycles. The van der Waals surface area contributed by atoms with E-state index in [0.717, 1.165) is 0 Å². The highest BCUT2D eigenvalue weighted by Gasteiger charge is 2.37. The lowest BCUT2D eigenvalue weighted by Crippen LogP contribution is -2.51. The number of amides is 2. The largest absolute Gasteiger partial charge is 0.489 e. The van der Waals surface area contributed by atoms with Gasteiger partial charge >= 0.3 is 40.3 Å². The van der Waals surface area contributed by atoms with Gasteiger partial charge in [-0.3, -0.25) is 14.9 Å². The zero-order valence-corrected chi connectivity index (χ0v) is 28.1.